The number of nitrogens with zero attached hydrogens (tertiary/aromatic N) is 1. The first-order chi connectivity index (χ1) is 11.1. The van der Waals surface area contributed by atoms with Crippen molar-refractivity contribution in [3.05, 3.63) is 51.4 Å². The van der Waals surface area contributed by atoms with Crippen molar-refractivity contribution in [2.24, 2.45) is 0 Å². The van der Waals surface area contributed by atoms with Gasteiger partial charge < -0.3 is 9.47 Å². The Labute approximate surface area is 153 Å². The van der Waals surface area contributed by atoms with E-state index in [-0.39, 0.29) is 6.10 Å². The Hall–Kier alpha value is -1.04. The van der Waals surface area contributed by atoms with Crippen molar-refractivity contribution < 1.29 is 9.47 Å². The summed E-state index contributed by atoms with van der Waals surface area (Å²) in [6.45, 7) is 5.32. The normalized spacial score (nSPS) is 18.1. The molecule has 1 fully saturated rings. The third-order valence-corrected chi connectivity index (χ3v) is 4.94. The number of benzene rings is 2. The van der Waals surface area contributed by atoms with Gasteiger partial charge in [0.2, 0.25) is 0 Å². The fraction of sp³-hybridized carbons (Fsp3) is 0.333. The van der Waals surface area contributed by atoms with E-state index in [1.165, 1.54) is 0 Å². The van der Waals surface area contributed by atoms with Crippen LogP contribution in [-0.4, -0.2) is 30.6 Å². The summed E-state index contributed by atoms with van der Waals surface area (Å²) in [4.78, 5) is 2.40. The molecule has 0 amide bonds. The molecule has 1 heterocycles. The van der Waals surface area contributed by atoms with Gasteiger partial charge in [-0.2, -0.15) is 0 Å². The lowest BCUT2D eigenvalue weighted by atomic mass is 10.3. The van der Waals surface area contributed by atoms with Gasteiger partial charge in [0, 0.05) is 22.0 Å². The first kappa shape index (κ1) is 16.8. The molecule has 0 saturated carbocycles. The average molecular weight is 441 g/mol. The molecule has 1 unspecified atom stereocenters. The molecule has 2 aromatic rings. The zero-order valence-electron chi connectivity index (χ0n) is 13.0. The molecular weight excluding hydrogens is 422 g/mol. The largest absolute Gasteiger partial charge is 0.485 e. The van der Waals surface area contributed by atoms with Crippen molar-refractivity contribution in [3.63, 3.8) is 0 Å². The van der Waals surface area contributed by atoms with Crippen LogP contribution in [0.1, 0.15) is 13.3 Å². The van der Waals surface area contributed by atoms with Gasteiger partial charge in [-0.3, -0.25) is 4.90 Å². The van der Waals surface area contributed by atoms with Gasteiger partial charge >= 0.3 is 0 Å². The Balaban J connectivity index is 1.76. The Morgan fingerprint density at radius 1 is 1.04 bits per heavy atom. The maximum absolute atomic E-state index is 6.21. The SMILES string of the molecule is CCN1CCC(Oc2cc(Br)ccc2Oc2ccc(Br)cc2)C1. The summed E-state index contributed by atoms with van der Waals surface area (Å²) in [6.07, 6.45) is 1.27. The smallest absolute Gasteiger partial charge is 0.169 e. The minimum atomic E-state index is 0.219. The Bertz CT molecular complexity index is 661. The highest BCUT2D eigenvalue weighted by Crippen LogP contribution is 2.35. The van der Waals surface area contributed by atoms with Gasteiger partial charge in [0.05, 0.1) is 0 Å². The van der Waals surface area contributed by atoms with Crippen LogP contribution >= 0.6 is 31.9 Å². The van der Waals surface area contributed by atoms with Gasteiger partial charge in [-0.15, -0.1) is 0 Å². The molecule has 3 nitrogen and oxygen atoms in total. The van der Waals surface area contributed by atoms with Crippen LogP contribution in [0.15, 0.2) is 51.4 Å². The number of likely N-dealkylation sites (N-methyl/N-ethyl adjacent to an activating group) is 1. The summed E-state index contributed by atoms with van der Waals surface area (Å²) >= 11 is 6.95. The van der Waals surface area contributed by atoms with Crippen LogP contribution in [0.2, 0.25) is 0 Å². The summed E-state index contributed by atoms with van der Waals surface area (Å²) in [5.74, 6) is 2.32. The fourth-order valence-electron chi connectivity index (χ4n) is 2.65. The Morgan fingerprint density at radius 3 is 2.48 bits per heavy atom. The van der Waals surface area contributed by atoms with E-state index in [2.05, 4.69) is 43.7 Å². The lowest BCUT2D eigenvalue weighted by Gasteiger charge is -2.18. The van der Waals surface area contributed by atoms with Crippen LogP contribution in [0, 0.1) is 0 Å². The zero-order chi connectivity index (χ0) is 16.2. The molecule has 23 heavy (non-hydrogen) atoms. The maximum atomic E-state index is 6.21. The standard InChI is InChI=1S/C18H19Br2NO2/c1-2-21-10-9-16(12-21)23-18-11-14(20)5-8-17(18)22-15-6-3-13(19)4-7-15/h3-8,11,16H,2,9-10,12H2,1H3. The number of rotatable bonds is 5. The molecule has 3 rings (SSSR count). The van der Waals surface area contributed by atoms with E-state index in [1.54, 1.807) is 0 Å². The van der Waals surface area contributed by atoms with Crippen LogP contribution in [0.25, 0.3) is 0 Å². The van der Waals surface area contributed by atoms with Gasteiger partial charge in [-0.25, -0.2) is 0 Å². The van der Waals surface area contributed by atoms with Crippen LogP contribution in [0.3, 0.4) is 0 Å². The van der Waals surface area contributed by atoms with Gasteiger partial charge in [0.25, 0.3) is 0 Å². The summed E-state index contributed by atoms with van der Waals surface area (Å²) in [5.41, 5.74) is 0. The molecule has 1 saturated heterocycles. The minimum absolute atomic E-state index is 0.219. The number of halogens is 2. The monoisotopic (exact) mass is 439 g/mol. The van der Waals surface area contributed by atoms with Gasteiger partial charge in [-0.1, -0.05) is 38.8 Å². The first-order valence-electron chi connectivity index (χ1n) is 7.76. The van der Waals surface area contributed by atoms with Crippen molar-refractivity contribution in [2.45, 2.75) is 19.4 Å². The lowest BCUT2D eigenvalue weighted by Crippen LogP contribution is -2.24. The Kier molecular flexibility index (Phi) is 5.62. The molecule has 0 aromatic heterocycles. The summed E-state index contributed by atoms with van der Waals surface area (Å²) in [7, 11) is 0. The number of ether oxygens (including phenoxy) is 2. The van der Waals surface area contributed by atoms with Crippen molar-refractivity contribution in [1.82, 2.24) is 4.90 Å². The number of likely N-dealkylation sites (tertiary alicyclic amines) is 1. The molecule has 1 aliphatic heterocycles. The van der Waals surface area contributed by atoms with Crippen molar-refractivity contribution in [3.8, 4) is 17.2 Å². The van der Waals surface area contributed by atoms with Crippen LogP contribution in [0.5, 0.6) is 17.2 Å². The molecular formula is C18H19Br2NO2. The second-order valence-electron chi connectivity index (χ2n) is 5.57. The zero-order valence-corrected chi connectivity index (χ0v) is 16.1. The second kappa shape index (κ2) is 7.69. The van der Waals surface area contributed by atoms with Crippen molar-refractivity contribution in [1.29, 1.82) is 0 Å². The first-order valence-corrected chi connectivity index (χ1v) is 9.34. The Morgan fingerprint density at radius 2 is 1.78 bits per heavy atom. The molecule has 5 heteroatoms. The summed E-state index contributed by atoms with van der Waals surface area (Å²) < 4.78 is 14.2. The third-order valence-electron chi connectivity index (χ3n) is 3.92. The van der Waals surface area contributed by atoms with Gasteiger partial charge in [0.1, 0.15) is 11.9 Å². The van der Waals surface area contributed by atoms with Gasteiger partial charge in [0.15, 0.2) is 11.5 Å². The molecule has 0 bridgehead atoms. The molecule has 1 atom stereocenters. The number of hydrogen-bond acceptors (Lipinski definition) is 3. The molecule has 122 valence electrons. The average Bonchev–Trinajstić information content (AvgIpc) is 3.00. The van der Waals surface area contributed by atoms with Crippen LogP contribution in [-0.2, 0) is 0 Å². The molecule has 0 spiro atoms. The number of hydrogen-bond donors (Lipinski definition) is 0. The molecule has 1 aliphatic rings. The van der Waals surface area contributed by atoms with Crippen molar-refractivity contribution >= 4 is 31.9 Å². The van der Waals surface area contributed by atoms with E-state index < -0.39 is 0 Å². The van der Waals surface area contributed by atoms with Crippen LogP contribution in [0.4, 0.5) is 0 Å². The topological polar surface area (TPSA) is 21.7 Å². The van der Waals surface area contributed by atoms with Crippen LogP contribution < -0.4 is 9.47 Å². The minimum Gasteiger partial charge on any atom is -0.485 e. The molecule has 0 aliphatic carbocycles. The molecule has 2 aromatic carbocycles. The fourth-order valence-corrected chi connectivity index (χ4v) is 3.25. The van der Waals surface area contributed by atoms with E-state index in [0.717, 1.165) is 52.2 Å². The predicted molar refractivity (Wildman–Crippen MR) is 99.5 cm³/mol. The quantitative estimate of drug-likeness (QED) is 0.614. The third kappa shape index (κ3) is 4.49. The highest BCUT2D eigenvalue weighted by atomic mass is 79.9. The summed E-state index contributed by atoms with van der Waals surface area (Å²) in [5, 5.41) is 0. The maximum Gasteiger partial charge on any atom is 0.169 e. The van der Waals surface area contributed by atoms with Gasteiger partial charge in [-0.05, 0) is 55.4 Å². The van der Waals surface area contributed by atoms with E-state index in [4.69, 9.17) is 9.47 Å². The van der Waals surface area contributed by atoms with E-state index in [9.17, 15) is 0 Å². The second-order valence-corrected chi connectivity index (χ2v) is 7.40. The molecule has 0 radical (unpaired) electrons. The van der Waals surface area contributed by atoms with E-state index in [1.807, 2.05) is 42.5 Å². The predicted octanol–water partition coefficient (Wildman–Crippen LogP) is 5.48. The van der Waals surface area contributed by atoms with E-state index >= 15 is 0 Å². The molecule has 0 N–H and O–H groups in total. The lowest BCUT2D eigenvalue weighted by molar-refractivity contribution is 0.196. The summed E-state index contributed by atoms with van der Waals surface area (Å²) in [6, 6.07) is 13.7. The highest BCUT2D eigenvalue weighted by molar-refractivity contribution is 9.10. The van der Waals surface area contributed by atoms with E-state index in [0.29, 0.717) is 0 Å². The van der Waals surface area contributed by atoms with Crippen molar-refractivity contribution in [2.75, 3.05) is 19.6 Å². The highest BCUT2D eigenvalue weighted by Gasteiger charge is 2.24.